The Bertz CT molecular complexity index is 814. The third-order valence-electron chi connectivity index (χ3n) is 5.21. The molecular formula is C22H30N4OS. The third-order valence-corrected chi connectivity index (χ3v) is 6.44. The Morgan fingerprint density at radius 2 is 1.96 bits per heavy atom. The second-order valence-electron chi connectivity index (χ2n) is 7.83. The van der Waals surface area contributed by atoms with E-state index in [1.807, 2.05) is 17.0 Å². The van der Waals surface area contributed by atoms with Crippen LogP contribution in [0.15, 0.2) is 46.8 Å². The largest absolute Gasteiger partial charge is 0.356 e. The first-order chi connectivity index (χ1) is 13.5. The molecule has 0 aliphatic carbocycles. The van der Waals surface area contributed by atoms with E-state index in [4.69, 9.17) is 0 Å². The molecule has 2 aromatic rings. The van der Waals surface area contributed by atoms with Crippen LogP contribution >= 0.6 is 11.3 Å². The van der Waals surface area contributed by atoms with Gasteiger partial charge in [-0.1, -0.05) is 44.2 Å². The topological polar surface area (TPSA) is 56.7 Å². The van der Waals surface area contributed by atoms with Crippen molar-refractivity contribution in [3.05, 3.63) is 57.8 Å². The highest BCUT2D eigenvalue weighted by Gasteiger charge is 2.22. The number of likely N-dealkylation sites (tertiary alicyclic amines) is 1. The minimum atomic E-state index is 0.0415. The number of aliphatic imine (C=N–C) groups is 1. The van der Waals surface area contributed by atoms with Crippen molar-refractivity contribution < 1.29 is 4.79 Å². The van der Waals surface area contributed by atoms with Crippen LogP contribution in [-0.2, 0) is 23.3 Å². The summed E-state index contributed by atoms with van der Waals surface area (Å²) in [6.45, 7) is 7.51. The lowest BCUT2D eigenvalue weighted by Crippen LogP contribution is -2.43. The van der Waals surface area contributed by atoms with Gasteiger partial charge >= 0.3 is 0 Å². The summed E-state index contributed by atoms with van der Waals surface area (Å²) >= 11 is 1.78. The van der Waals surface area contributed by atoms with Crippen LogP contribution in [0.3, 0.4) is 0 Å². The fraction of sp³-hybridized carbons (Fsp3) is 0.455. The van der Waals surface area contributed by atoms with Crippen molar-refractivity contribution in [1.29, 1.82) is 0 Å². The van der Waals surface area contributed by atoms with E-state index >= 15 is 0 Å². The van der Waals surface area contributed by atoms with Crippen LogP contribution in [0.4, 0.5) is 0 Å². The van der Waals surface area contributed by atoms with Crippen LogP contribution in [0.5, 0.6) is 0 Å². The van der Waals surface area contributed by atoms with E-state index in [0.29, 0.717) is 19.5 Å². The van der Waals surface area contributed by atoms with E-state index in [1.165, 1.54) is 16.0 Å². The Morgan fingerprint density at radius 1 is 1.18 bits per heavy atom. The minimum Gasteiger partial charge on any atom is -0.356 e. The average Bonchev–Trinajstić information content (AvgIpc) is 3.36. The number of hydrogen-bond donors (Lipinski definition) is 2. The molecule has 1 aliphatic rings. The maximum atomic E-state index is 12.0. The van der Waals surface area contributed by atoms with Crippen LogP contribution in [0, 0.1) is 0 Å². The minimum absolute atomic E-state index is 0.0415. The van der Waals surface area contributed by atoms with E-state index < -0.39 is 0 Å². The van der Waals surface area contributed by atoms with Crippen molar-refractivity contribution in [3.63, 3.8) is 0 Å². The number of carbonyl (C=O) groups excluding carboxylic acids is 1. The van der Waals surface area contributed by atoms with E-state index in [-0.39, 0.29) is 11.3 Å². The Morgan fingerprint density at radius 3 is 2.61 bits per heavy atom. The number of thiophene rings is 1. The van der Waals surface area contributed by atoms with Gasteiger partial charge in [0.25, 0.3) is 0 Å². The summed E-state index contributed by atoms with van der Waals surface area (Å²) < 4.78 is 0. The molecule has 2 heterocycles. The molecule has 0 atom stereocenters. The molecule has 3 rings (SSSR count). The molecule has 1 fully saturated rings. The SMILES string of the molecule is CN=C(NCc1ccccc1CN1CCCC1=O)NCC(C)(C)c1cccs1. The number of rotatable bonds is 7. The summed E-state index contributed by atoms with van der Waals surface area (Å²) in [5, 5.41) is 8.99. The second kappa shape index (κ2) is 9.24. The van der Waals surface area contributed by atoms with Gasteiger partial charge in [0.1, 0.15) is 0 Å². The Hall–Kier alpha value is -2.34. The van der Waals surface area contributed by atoms with Crippen molar-refractivity contribution in [2.45, 2.75) is 45.2 Å². The van der Waals surface area contributed by atoms with Crippen molar-refractivity contribution >= 4 is 23.2 Å². The predicted octanol–water partition coefficient (Wildman–Crippen LogP) is 3.51. The van der Waals surface area contributed by atoms with Gasteiger partial charge in [0.15, 0.2) is 5.96 Å². The molecule has 1 amide bonds. The Balaban J connectivity index is 1.57. The van der Waals surface area contributed by atoms with Crippen molar-refractivity contribution in [3.8, 4) is 0 Å². The maximum absolute atomic E-state index is 12.0. The summed E-state index contributed by atoms with van der Waals surface area (Å²) in [6, 6.07) is 12.6. The third kappa shape index (κ3) is 5.13. The van der Waals surface area contributed by atoms with Crippen LogP contribution in [-0.4, -0.2) is 36.9 Å². The summed E-state index contributed by atoms with van der Waals surface area (Å²) in [5.74, 6) is 1.05. The van der Waals surface area contributed by atoms with E-state index in [0.717, 1.165) is 25.5 Å². The van der Waals surface area contributed by atoms with Crippen molar-refractivity contribution in [1.82, 2.24) is 15.5 Å². The standard InChI is InChI=1S/C22H30N4OS/c1-22(2,19-10-7-13-28-19)16-25-21(23-3)24-14-17-8-4-5-9-18(17)15-26-12-6-11-20(26)27/h4-5,7-10,13H,6,11-12,14-16H2,1-3H3,(H2,23,24,25). The van der Waals surface area contributed by atoms with E-state index in [9.17, 15) is 4.79 Å². The quantitative estimate of drug-likeness (QED) is 0.554. The fourth-order valence-corrected chi connectivity index (χ4v) is 4.27. The number of hydrogen-bond acceptors (Lipinski definition) is 3. The maximum Gasteiger partial charge on any atom is 0.222 e. The van der Waals surface area contributed by atoms with Crippen LogP contribution in [0.25, 0.3) is 0 Å². The summed E-state index contributed by atoms with van der Waals surface area (Å²) in [6.07, 6.45) is 1.65. The molecule has 6 heteroatoms. The second-order valence-corrected chi connectivity index (χ2v) is 8.78. The molecule has 1 aliphatic heterocycles. The first kappa shape index (κ1) is 20.4. The molecule has 2 N–H and O–H groups in total. The van der Waals surface area contributed by atoms with Crippen LogP contribution in [0.2, 0.25) is 0 Å². The van der Waals surface area contributed by atoms with Crippen molar-refractivity contribution in [2.75, 3.05) is 20.1 Å². The molecule has 1 aromatic heterocycles. The van der Waals surface area contributed by atoms with Gasteiger partial charge in [-0.2, -0.15) is 0 Å². The molecule has 5 nitrogen and oxygen atoms in total. The highest BCUT2D eigenvalue weighted by atomic mass is 32.1. The monoisotopic (exact) mass is 398 g/mol. The number of amides is 1. The van der Waals surface area contributed by atoms with Gasteiger partial charge in [0, 0.05) is 49.9 Å². The summed E-state index contributed by atoms with van der Waals surface area (Å²) in [7, 11) is 1.79. The zero-order valence-electron chi connectivity index (χ0n) is 17.0. The van der Waals surface area contributed by atoms with Gasteiger partial charge in [-0.05, 0) is 29.0 Å². The average molecular weight is 399 g/mol. The lowest BCUT2D eigenvalue weighted by Gasteiger charge is -2.25. The molecule has 0 bridgehead atoms. The van der Waals surface area contributed by atoms with Gasteiger partial charge in [-0.15, -0.1) is 11.3 Å². The predicted molar refractivity (Wildman–Crippen MR) is 117 cm³/mol. The van der Waals surface area contributed by atoms with Gasteiger partial charge in [0.2, 0.25) is 5.91 Å². The lowest BCUT2D eigenvalue weighted by atomic mass is 9.91. The highest BCUT2D eigenvalue weighted by molar-refractivity contribution is 7.10. The summed E-state index contributed by atoms with van der Waals surface area (Å²) in [4.78, 5) is 19.6. The smallest absolute Gasteiger partial charge is 0.222 e. The van der Waals surface area contributed by atoms with Gasteiger partial charge < -0.3 is 15.5 Å². The number of nitrogens with zero attached hydrogens (tertiary/aromatic N) is 2. The fourth-order valence-electron chi connectivity index (χ4n) is 3.42. The van der Waals surface area contributed by atoms with E-state index in [2.05, 4.69) is 59.1 Å². The molecule has 150 valence electrons. The molecular weight excluding hydrogens is 368 g/mol. The van der Waals surface area contributed by atoms with Crippen molar-refractivity contribution in [2.24, 2.45) is 4.99 Å². The molecule has 0 radical (unpaired) electrons. The molecule has 0 saturated carbocycles. The molecule has 1 aromatic carbocycles. The summed E-state index contributed by atoms with van der Waals surface area (Å²) in [5.41, 5.74) is 2.43. The lowest BCUT2D eigenvalue weighted by molar-refractivity contribution is -0.128. The Kier molecular flexibility index (Phi) is 6.73. The molecule has 0 unspecified atom stereocenters. The van der Waals surface area contributed by atoms with Crippen LogP contribution in [0.1, 0.15) is 42.7 Å². The Labute approximate surface area is 171 Å². The highest BCUT2D eigenvalue weighted by Crippen LogP contribution is 2.26. The van der Waals surface area contributed by atoms with Gasteiger partial charge in [-0.25, -0.2) is 0 Å². The molecule has 28 heavy (non-hydrogen) atoms. The molecule has 0 spiro atoms. The van der Waals surface area contributed by atoms with Gasteiger partial charge in [-0.3, -0.25) is 9.79 Å². The number of carbonyl (C=O) groups is 1. The van der Waals surface area contributed by atoms with E-state index in [1.54, 1.807) is 18.4 Å². The van der Waals surface area contributed by atoms with Crippen LogP contribution < -0.4 is 10.6 Å². The number of nitrogens with one attached hydrogen (secondary N) is 2. The number of guanidine groups is 1. The zero-order valence-corrected chi connectivity index (χ0v) is 17.8. The zero-order chi connectivity index (χ0) is 20.0. The first-order valence-electron chi connectivity index (χ1n) is 9.82. The molecule has 1 saturated heterocycles. The normalized spacial score (nSPS) is 15.2. The first-order valence-corrected chi connectivity index (χ1v) is 10.7. The van der Waals surface area contributed by atoms with Gasteiger partial charge in [0.05, 0.1) is 0 Å². The number of benzene rings is 1.